The average Bonchev–Trinajstić information content (AvgIpc) is 2.74. The quantitative estimate of drug-likeness (QED) is 0.637. The maximum Gasteiger partial charge on any atom is 0.251 e. The summed E-state index contributed by atoms with van der Waals surface area (Å²) in [5.74, 6) is 0.252. The smallest absolute Gasteiger partial charge is 0.251 e. The van der Waals surface area contributed by atoms with Crippen LogP contribution in [0.2, 0.25) is 0 Å². The van der Waals surface area contributed by atoms with Crippen molar-refractivity contribution >= 4 is 15.9 Å². The second-order valence-electron chi connectivity index (χ2n) is 7.41. The number of carbonyl (C=O) groups excluding carboxylic acids is 1. The number of nitriles is 1. The third kappa shape index (κ3) is 5.61. The van der Waals surface area contributed by atoms with Crippen molar-refractivity contribution in [1.82, 2.24) is 14.9 Å². The molecule has 1 heterocycles. The van der Waals surface area contributed by atoms with Crippen LogP contribution in [0.1, 0.15) is 27.9 Å². The van der Waals surface area contributed by atoms with Crippen molar-refractivity contribution in [3.63, 3.8) is 0 Å². The number of nitrogens with zero attached hydrogens (tertiary/aromatic N) is 2. The number of nitrogens with one attached hydrogen (secondary N) is 2. The number of benzene rings is 2. The summed E-state index contributed by atoms with van der Waals surface area (Å²) in [6, 6.07) is 12.0. The lowest BCUT2D eigenvalue weighted by Crippen LogP contribution is -2.46. The minimum Gasteiger partial charge on any atom is -0.456 e. The van der Waals surface area contributed by atoms with Gasteiger partial charge in [0, 0.05) is 38.3 Å². The number of hydrogen-bond donors (Lipinski definition) is 2. The molecule has 2 N–H and O–H groups in total. The molecule has 0 aromatic heterocycles. The summed E-state index contributed by atoms with van der Waals surface area (Å²) >= 11 is 0. The molecule has 0 saturated carbocycles. The van der Waals surface area contributed by atoms with Crippen LogP contribution in [-0.2, 0) is 10.0 Å². The van der Waals surface area contributed by atoms with E-state index >= 15 is 0 Å². The van der Waals surface area contributed by atoms with Crippen LogP contribution in [0, 0.1) is 25.2 Å². The van der Waals surface area contributed by atoms with Crippen LogP contribution in [-0.4, -0.2) is 51.4 Å². The van der Waals surface area contributed by atoms with E-state index in [0.29, 0.717) is 31.9 Å². The summed E-state index contributed by atoms with van der Waals surface area (Å²) in [6.07, 6.45) is 0.172. The Morgan fingerprint density at radius 2 is 1.84 bits per heavy atom. The predicted molar refractivity (Wildman–Crippen MR) is 117 cm³/mol. The van der Waals surface area contributed by atoms with Crippen LogP contribution < -0.4 is 15.4 Å². The van der Waals surface area contributed by atoms with Gasteiger partial charge in [-0.1, -0.05) is 6.07 Å². The molecule has 1 aliphatic rings. The topological polar surface area (TPSA) is 112 Å². The van der Waals surface area contributed by atoms with Gasteiger partial charge >= 0.3 is 0 Å². The zero-order valence-corrected chi connectivity index (χ0v) is 18.5. The maximum atomic E-state index is 13.4. The van der Waals surface area contributed by atoms with E-state index in [2.05, 4.69) is 10.6 Å². The molecular weight excluding hydrogens is 416 g/mol. The largest absolute Gasteiger partial charge is 0.456 e. The first-order chi connectivity index (χ1) is 14.8. The highest BCUT2D eigenvalue weighted by atomic mass is 32.2. The second-order valence-corrected chi connectivity index (χ2v) is 9.31. The highest BCUT2D eigenvalue weighted by Crippen LogP contribution is 2.33. The monoisotopic (exact) mass is 442 g/mol. The maximum absolute atomic E-state index is 13.4. The summed E-state index contributed by atoms with van der Waals surface area (Å²) in [5, 5.41) is 14.4. The second kappa shape index (κ2) is 9.92. The summed E-state index contributed by atoms with van der Waals surface area (Å²) in [7, 11) is -3.88. The fourth-order valence-corrected chi connectivity index (χ4v) is 4.99. The Labute approximate surface area is 182 Å². The lowest BCUT2D eigenvalue weighted by atomic mass is 10.1. The van der Waals surface area contributed by atoms with Gasteiger partial charge in [0.2, 0.25) is 10.0 Å². The Balaban J connectivity index is 2.00. The van der Waals surface area contributed by atoms with Crippen molar-refractivity contribution in [3.05, 3.63) is 53.1 Å². The fourth-order valence-electron chi connectivity index (χ4n) is 3.41. The van der Waals surface area contributed by atoms with Crippen LogP contribution in [0.5, 0.6) is 11.5 Å². The molecule has 1 fully saturated rings. The van der Waals surface area contributed by atoms with E-state index in [0.717, 1.165) is 11.1 Å². The van der Waals surface area contributed by atoms with Crippen molar-refractivity contribution in [2.75, 3.05) is 32.7 Å². The lowest BCUT2D eigenvalue weighted by Gasteiger charge is -2.27. The first-order valence-electron chi connectivity index (χ1n) is 10.1. The fraction of sp³-hybridized carbons (Fsp3) is 0.364. The van der Waals surface area contributed by atoms with E-state index in [-0.39, 0.29) is 29.2 Å². The Kier molecular flexibility index (Phi) is 7.28. The first-order valence-corrected chi connectivity index (χ1v) is 11.5. The Morgan fingerprint density at radius 1 is 1.16 bits per heavy atom. The first kappa shape index (κ1) is 22.7. The normalized spacial score (nSPS) is 14.6. The number of piperazine rings is 1. The molecule has 0 spiro atoms. The van der Waals surface area contributed by atoms with E-state index < -0.39 is 15.9 Å². The van der Waals surface area contributed by atoms with Crippen molar-refractivity contribution < 1.29 is 17.9 Å². The van der Waals surface area contributed by atoms with Crippen LogP contribution in [0.4, 0.5) is 0 Å². The van der Waals surface area contributed by atoms with Gasteiger partial charge in [0.15, 0.2) is 0 Å². The van der Waals surface area contributed by atoms with E-state index in [1.165, 1.54) is 22.5 Å². The molecule has 2 aromatic carbocycles. The predicted octanol–water partition coefficient (Wildman–Crippen LogP) is 2.33. The molecule has 0 bridgehead atoms. The van der Waals surface area contributed by atoms with Crippen molar-refractivity contribution in [1.29, 1.82) is 5.26 Å². The highest BCUT2D eigenvalue weighted by molar-refractivity contribution is 7.89. The molecule has 0 atom stereocenters. The van der Waals surface area contributed by atoms with Crippen LogP contribution >= 0.6 is 0 Å². The van der Waals surface area contributed by atoms with E-state index in [4.69, 9.17) is 10.00 Å². The number of rotatable bonds is 7. The van der Waals surface area contributed by atoms with Crippen molar-refractivity contribution in [2.24, 2.45) is 0 Å². The van der Waals surface area contributed by atoms with Gasteiger partial charge in [0.1, 0.15) is 16.4 Å². The number of ether oxygens (including phenoxy) is 1. The number of aryl methyl sites for hydroxylation is 2. The van der Waals surface area contributed by atoms with Gasteiger partial charge in [-0.25, -0.2) is 8.42 Å². The van der Waals surface area contributed by atoms with Gasteiger partial charge in [-0.3, -0.25) is 4.79 Å². The molecular formula is C22H26N4O4S. The minimum atomic E-state index is -3.88. The van der Waals surface area contributed by atoms with Crippen molar-refractivity contribution in [3.8, 4) is 17.6 Å². The molecule has 9 heteroatoms. The summed E-state index contributed by atoms with van der Waals surface area (Å²) in [6.45, 7) is 5.85. The molecule has 0 radical (unpaired) electrons. The summed E-state index contributed by atoms with van der Waals surface area (Å²) in [4.78, 5) is 12.4. The molecule has 1 amide bonds. The molecule has 31 heavy (non-hydrogen) atoms. The summed E-state index contributed by atoms with van der Waals surface area (Å²) in [5.41, 5.74) is 2.18. The minimum absolute atomic E-state index is 0.0542. The number of amides is 1. The Bertz CT molecular complexity index is 1080. The number of carbonyl (C=O) groups is 1. The van der Waals surface area contributed by atoms with Gasteiger partial charge in [0.05, 0.1) is 12.5 Å². The molecule has 3 rings (SSSR count). The number of sulfonamides is 1. The molecule has 8 nitrogen and oxygen atoms in total. The van der Waals surface area contributed by atoms with Crippen molar-refractivity contribution in [2.45, 2.75) is 25.2 Å². The van der Waals surface area contributed by atoms with Crippen LogP contribution in [0.3, 0.4) is 0 Å². The third-order valence-electron chi connectivity index (χ3n) is 4.85. The molecule has 1 saturated heterocycles. The molecule has 0 unspecified atom stereocenters. The van der Waals surface area contributed by atoms with Gasteiger partial charge < -0.3 is 15.4 Å². The summed E-state index contributed by atoms with van der Waals surface area (Å²) < 4.78 is 34.2. The van der Waals surface area contributed by atoms with E-state index in [1.807, 2.05) is 38.1 Å². The average molecular weight is 443 g/mol. The van der Waals surface area contributed by atoms with E-state index in [1.54, 1.807) is 0 Å². The van der Waals surface area contributed by atoms with Crippen LogP contribution in [0.25, 0.3) is 0 Å². The van der Waals surface area contributed by atoms with Gasteiger partial charge in [0.25, 0.3) is 5.91 Å². The zero-order chi connectivity index (χ0) is 22.4. The lowest BCUT2D eigenvalue weighted by molar-refractivity contribution is 0.0954. The van der Waals surface area contributed by atoms with Gasteiger partial charge in [-0.15, -0.1) is 0 Å². The zero-order valence-electron chi connectivity index (χ0n) is 17.6. The van der Waals surface area contributed by atoms with Gasteiger partial charge in [-0.05, 0) is 55.3 Å². The molecule has 164 valence electrons. The molecule has 0 aliphatic carbocycles. The number of hydrogen-bond acceptors (Lipinski definition) is 6. The Hall–Kier alpha value is -2.93. The third-order valence-corrected chi connectivity index (χ3v) is 6.76. The SMILES string of the molecule is Cc1cc(C)cc(Oc2ccc(C(=O)NCCC#N)cc2S(=O)(=O)N2CCNCC2)c1. The molecule has 2 aromatic rings. The van der Waals surface area contributed by atoms with E-state index in [9.17, 15) is 13.2 Å². The van der Waals surface area contributed by atoms with Gasteiger partial charge in [-0.2, -0.15) is 9.57 Å². The highest BCUT2D eigenvalue weighted by Gasteiger charge is 2.30. The Morgan fingerprint density at radius 3 is 2.48 bits per heavy atom. The van der Waals surface area contributed by atoms with Crippen LogP contribution in [0.15, 0.2) is 41.3 Å². The molecule has 1 aliphatic heterocycles. The standard InChI is InChI=1S/C22H26N4O4S/c1-16-12-17(2)14-19(13-16)30-20-5-4-18(22(27)25-7-3-6-23)15-21(20)31(28,29)26-10-8-24-9-11-26/h4-5,12-15,24H,3,7-11H2,1-2H3,(H,25,27).